The topological polar surface area (TPSA) is 70.9 Å². The van der Waals surface area contributed by atoms with Crippen molar-refractivity contribution in [3.63, 3.8) is 0 Å². The second-order valence-electron chi connectivity index (χ2n) is 4.64. The maximum Gasteiger partial charge on any atom is 0.255 e. The number of fused-ring (bicyclic) bond motifs is 1. The van der Waals surface area contributed by atoms with Gasteiger partial charge in [-0.15, -0.1) is 0 Å². The van der Waals surface area contributed by atoms with Crippen LogP contribution in [0.4, 0.5) is 5.69 Å². The van der Waals surface area contributed by atoms with Crippen LogP contribution in [0.25, 0.3) is 10.9 Å². The van der Waals surface area contributed by atoms with E-state index in [-0.39, 0.29) is 5.91 Å². The number of carbonyl (C=O) groups is 1. The van der Waals surface area contributed by atoms with Gasteiger partial charge in [-0.2, -0.15) is 0 Å². The van der Waals surface area contributed by atoms with E-state index in [9.17, 15) is 4.79 Å². The average Bonchev–Trinajstić information content (AvgIpc) is 2.94. The summed E-state index contributed by atoms with van der Waals surface area (Å²) >= 11 is 0. The highest BCUT2D eigenvalue weighted by Gasteiger charge is 2.07. The second-order valence-corrected chi connectivity index (χ2v) is 4.64. The fourth-order valence-electron chi connectivity index (χ4n) is 2.17. The lowest BCUT2D eigenvalue weighted by molar-refractivity contribution is 0.102. The van der Waals surface area contributed by atoms with Gasteiger partial charge < -0.3 is 16.0 Å². The Morgan fingerprint density at radius 3 is 2.90 bits per heavy atom. The minimum Gasteiger partial charge on any atom is -0.361 e. The summed E-state index contributed by atoms with van der Waals surface area (Å²) in [5.41, 5.74) is 9.00. The normalized spacial score (nSPS) is 10.7. The molecule has 20 heavy (non-hydrogen) atoms. The van der Waals surface area contributed by atoms with Gasteiger partial charge in [0, 0.05) is 34.9 Å². The smallest absolute Gasteiger partial charge is 0.255 e. The molecule has 0 bridgehead atoms. The van der Waals surface area contributed by atoms with Crippen LogP contribution in [0.5, 0.6) is 0 Å². The number of nitrogens with two attached hydrogens (primary N) is 1. The van der Waals surface area contributed by atoms with E-state index in [0.29, 0.717) is 12.1 Å². The van der Waals surface area contributed by atoms with Crippen molar-refractivity contribution in [2.75, 3.05) is 5.32 Å². The van der Waals surface area contributed by atoms with E-state index in [2.05, 4.69) is 10.3 Å². The molecule has 1 heterocycles. The van der Waals surface area contributed by atoms with Crippen LogP contribution in [0.15, 0.2) is 54.7 Å². The Bertz CT molecular complexity index is 761. The third-order valence-electron chi connectivity index (χ3n) is 3.24. The number of rotatable bonds is 3. The Morgan fingerprint density at radius 2 is 2.05 bits per heavy atom. The van der Waals surface area contributed by atoms with Crippen LogP contribution in [-0.2, 0) is 6.54 Å². The predicted octanol–water partition coefficient (Wildman–Crippen LogP) is 2.88. The standard InChI is InChI=1S/C16H15N3O/c17-10-11-2-1-3-14(8-11)19-16(20)13-4-5-15-12(9-13)6-7-18-15/h1-9,18H,10,17H2,(H,19,20). The summed E-state index contributed by atoms with van der Waals surface area (Å²) in [5.74, 6) is -0.123. The van der Waals surface area contributed by atoms with Gasteiger partial charge in [0.1, 0.15) is 0 Å². The minimum atomic E-state index is -0.123. The van der Waals surface area contributed by atoms with Crippen molar-refractivity contribution in [2.24, 2.45) is 5.73 Å². The summed E-state index contributed by atoms with van der Waals surface area (Å²) < 4.78 is 0. The zero-order valence-electron chi connectivity index (χ0n) is 10.9. The number of hydrogen-bond acceptors (Lipinski definition) is 2. The Labute approximate surface area is 116 Å². The maximum absolute atomic E-state index is 12.2. The van der Waals surface area contributed by atoms with E-state index in [1.54, 1.807) is 6.07 Å². The van der Waals surface area contributed by atoms with Crippen LogP contribution in [0, 0.1) is 0 Å². The van der Waals surface area contributed by atoms with Gasteiger partial charge in [-0.25, -0.2) is 0 Å². The molecule has 0 atom stereocenters. The second kappa shape index (κ2) is 5.19. The van der Waals surface area contributed by atoms with Crippen molar-refractivity contribution in [1.82, 2.24) is 4.98 Å². The molecule has 4 heteroatoms. The van der Waals surface area contributed by atoms with E-state index in [4.69, 9.17) is 5.73 Å². The molecular formula is C16H15N3O. The molecule has 4 N–H and O–H groups in total. The number of anilines is 1. The molecule has 100 valence electrons. The first-order chi connectivity index (χ1) is 9.76. The van der Waals surface area contributed by atoms with Gasteiger partial charge in [-0.05, 0) is 42.0 Å². The fraction of sp³-hybridized carbons (Fsp3) is 0.0625. The molecule has 0 radical (unpaired) electrons. The lowest BCUT2D eigenvalue weighted by Crippen LogP contribution is -2.12. The van der Waals surface area contributed by atoms with Crippen molar-refractivity contribution in [1.29, 1.82) is 0 Å². The number of nitrogens with one attached hydrogen (secondary N) is 2. The monoisotopic (exact) mass is 265 g/mol. The van der Waals surface area contributed by atoms with Crippen LogP contribution in [0.2, 0.25) is 0 Å². The number of benzene rings is 2. The van der Waals surface area contributed by atoms with E-state index < -0.39 is 0 Å². The van der Waals surface area contributed by atoms with Gasteiger partial charge in [-0.3, -0.25) is 4.79 Å². The Morgan fingerprint density at radius 1 is 1.15 bits per heavy atom. The molecule has 0 aliphatic rings. The third kappa shape index (κ3) is 2.41. The summed E-state index contributed by atoms with van der Waals surface area (Å²) in [5, 5.41) is 3.91. The molecule has 3 aromatic rings. The molecule has 2 aromatic carbocycles. The molecule has 4 nitrogen and oxygen atoms in total. The molecule has 0 aliphatic carbocycles. The molecule has 0 saturated carbocycles. The molecule has 0 unspecified atom stereocenters. The average molecular weight is 265 g/mol. The van der Waals surface area contributed by atoms with E-state index in [1.165, 1.54) is 0 Å². The SMILES string of the molecule is NCc1cccc(NC(=O)c2ccc3[nH]ccc3c2)c1. The number of amides is 1. The van der Waals surface area contributed by atoms with E-state index >= 15 is 0 Å². The Kier molecular flexibility index (Phi) is 3.23. The highest BCUT2D eigenvalue weighted by atomic mass is 16.1. The lowest BCUT2D eigenvalue weighted by atomic mass is 10.1. The molecule has 0 fully saturated rings. The van der Waals surface area contributed by atoms with Crippen LogP contribution < -0.4 is 11.1 Å². The lowest BCUT2D eigenvalue weighted by Gasteiger charge is -2.07. The van der Waals surface area contributed by atoms with Crippen molar-refractivity contribution in [3.05, 3.63) is 65.9 Å². The van der Waals surface area contributed by atoms with Crippen LogP contribution in [0.1, 0.15) is 15.9 Å². The zero-order chi connectivity index (χ0) is 13.9. The van der Waals surface area contributed by atoms with Crippen molar-refractivity contribution in [3.8, 4) is 0 Å². The fourth-order valence-corrected chi connectivity index (χ4v) is 2.17. The number of H-pyrrole nitrogens is 1. The van der Waals surface area contributed by atoms with Gasteiger partial charge in [0.05, 0.1) is 0 Å². The molecule has 0 aliphatic heterocycles. The van der Waals surface area contributed by atoms with Crippen molar-refractivity contribution < 1.29 is 4.79 Å². The summed E-state index contributed by atoms with van der Waals surface area (Å²) in [6.45, 7) is 0.457. The van der Waals surface area contributed by atoms with Gasteiger partial charge in [0.15, 0.2) is 0 Å². The summed E-state index contributed by atoms with van der Waals surface area (Å²) in [6.07, 6.45) is 1.86. The summed E-state index contributed by atoms with van der Waals surface area (Å²) in [6, 6.07) is 15.1. The molecule has 0 spiro atoms. The highest BCUT2D eigenvalue weighted by molar-refractivity contribution is 6.06. The highest BCUT2D eigenvalue weighted by Crippen LogP contribution is 2.16. The third-order valence-corrected chi connectivity index (χ3v) is 3.24. The van der Waals surface area contributed by atoms with Crippen molar-refractivity contribution in [2.45, 2.75) is 6.54 Å². The van der Waals surface area contributed by atoms with Crippen LogP contribution >= 0.6 is 0 Å². The number of aromatic nitrogens is 1. The Balaban J connectivity index is 1.84. The van der Waals surface area contributed by atoms with E-state index in [0.717, 1.165) is 22.2 Å². The maximum atomic E-state index is 12.2. The minimum absolute atomic E-state index is 0.123. The molecule has 3 rings (SSSR count). The van der Waals surface area contributed by atoms with E-state index in [1.807, 2.05) is 48.7 Å². The van der Waals surface area contributed by atoms with Crippen molar-refractivity contribution >= 4 is 22.5 Å². The van der Waals surface area contributed by atoms with Gasteiger partial charge in [-0.1, -0.05) is 12.1 Å². The Hall–Kier alpha value is -2.59. The summed E-state index contributed by atoms with van der Waals surface area (Å²) in [4.78, 5) is 15.3. The van der Waals surface area contributed by atoms with Crippen LogP contribution in [-0.4, -0.2) is 10.9 Å². The first kappa shape index (κ1) is 12.4. The molecule has 1 aromatic heterocycles. The number of aromatic amines is 1. The summed E-state index contributed by atoms with van der Waals surface area (Å²) in [7, 11) is 0. The first-order valence-corrected chi connectivity index (χ1v) is 6.44. The number of hydrogen-bond donors (Lipinski definition) is 3. The molecule has 0 saturated heterocycles. The van der Waals surface area contributed by atoms with Gasteiger partial charge in [0.25, 0.3) is 5.91 Å². The zero-order valence-corrected chi connectivity index (χ0v) is 10.9. The predicted molar refractivity (Wildman–Crippen MR) is 80.6 cm³/mol. The van der Waals surface area contributed by atoms with Gasteiger partial charge >= 0.3 is 0 Å². The number of carbonyl (C=O) groups excluding carboxylic acids is 1. The first-order valence-electron chi connectivity index (χ1n) is 6.44. The molecule has 1 amide bonds. The quantitative estimate of drug-likeness (QED) is 0.681. The van der Waals surface area contributed by atoms with Crippen LogP contribution in [0.3, 0.4) is 0 Å². The largest absolute Gasteiger partial charge is 0.361 e. The molecular weight excluding hydrogens is 250 g/mol. The van der Waals surface area contributed by atoms with Gasteiger partial charge in [0.2, 0.25) is 0 Å².